The van der Waals surface area contributed by atoms with Crippen molar-refractivity contribution >= 4 is 34.3 Å². The van der Waals surface area contributed by atoms with E-state index < -0.39 is 0 Å². The van der Waals surface area contributed by atoms with Crippen LogP contribution in [0.1, 0.15) is 57.4 Å². The Bertz CT molecular complexity index is 1230. The van der Waals surface area contributed by atoms with E-state index in [1.54, 1.807) is 0 Å². The van der Waals surface area contributed by atoms with E-state index >= 15 is 0 Å². The summed E-state index contributed by atoms with van der Waals surface area (Å²) in [5, 5.41) is 0. The molecular weight excluding hydrogens is 452 g/mol. The molecule has 4 fully saturated rings. The van der Waals surface area contributed by atoms with Gasteiger partial charge in [-0.15, -0.1) is 0 Å². The number of rotatable bonds is 5. The zero-order chi connectivity index (χ0) is 24.3. The lowest BCUT2D eigenvalue weighted by molar-refractivity contribution is -0.127. The van der Waals surface area contributed by atoms with E-state index in [1.165, 1.54) is 31.4 Å². The second kappa shape index (κ2) is 8.59. The molecule has 0 amide bonds. The van der Waals surface area contributed by atoms with Crippen LogP contribution in [-0.2, 0) is 4.74 Å². The van der Waals surface area contributed by atoms with Crippen LogP contribution in [-0.4, -0.2) is 57.9 Å². The molecule has 2 aliphatic heterocycles. The van der Waals surface area contributed by atoms with Gasteiger partial charge in [0.2, 0.25) is 5.95 Å². The third-order valence-electron chi connectivity index (χ3n) is 8.84. The summed E-state index contributed by atoms with van der Waals surface area (Å²) in [6, 6.07) is 9.89. The Morgan fingerprint density at radius 1 is 0.944 bits per heavy atom. The van der Waals surface area contributed by atoms with Crippen molar-refractivity contribution < 1.29 is 4.74 Å². The largest absolute Gasteiger partial charge is 0.382 e. The predicted molar refractivity (Wildman–Crippen MR) is 142 cm³/mol. The van der Waals surface area contributed by atoms with Crippen molar-refractivity contribution in [3.8, 4) is 0 Å². The minimum Gasteiger partial charge on any atom is -0.382 e. The maximum atomic E-state index is 6.48. The Labute approximate surface area is 211 Å². The summed E-state index contributed by atoms with van der Waals surface area (Å²) in [5.74, 6) is 1.12. The highest BCUT2D eigenvalue weighted by Crippen LogP contribution is 2.41. The number of fused-ring (bicyclic) bond motifs is 1. The maximum Gasteiger partial charge on any atom is 0.234 e. The third kappa shape index (κ3) is 3.71. The number of benzene rings is 1. The first-order chi connectivity index (χ1) is 17.6. The van der Waals surface area contributed by atoms with E-state index in [0.29, 0.717) is 28.7 Å². The number of nitrogens with two attached hydrogens (primary N) is 2. The summed E-state index contributed by atoms with van der Waals surface area (Å²) in [7, 11) is 0. The number of ether oxygens (including phenoxy) is 1. The van der Waals surface area contributed by atoms with Crippen molar-refractivity contribution in [2.24, 2.45) is 11.1 Å². The van der Waals surface area contributed by atoms with Gasteiger partial charge in [-0.25, -0.2) is 4.98 Å². The highest BCUT2D eigenvalue weighted by Gasteiger charge is 2.49. The van der Waals surface area contributed by atoms with Gasteiger partial charge in [-0.2, -0.15) is 9.97 Å². The zero-order valence-electron chi connectivity index (χ0n) is 20.9. The summed E-state index contributed by atoms with van der Waals surface area (Å²) in [6.07, 6.45) is 10.8. The van der Waals surface area contributed by atoms with Gasteiger partial charge in [0.15, 0.2) is 11.5 Å². The van der Waals surface area contributed by atoms with Gasteiger partial charge in [-0.3, -0.25) is 0 Å². The average Bonchev–Trinajstić information content (AvgIpc) is 3.50. The molecule has 9 heteroatoms. The molecule has 4 aliphatic rings. The monoisotopic (exact) mass is 488 g/mol. The summed E-state index contributed by atoms with van der Waals surface area (Å²) >= 11 is 0. The highest BCUT2D eigenvalue weighted by atomic mass is 16.5. The quantitative estimate of drug-likeness (QED) is 0.558. The molecule has 9 nitrogen and oxygen atoms in total. The summed E-state index contributed by atoms with van der Waals surface area (Å²) in [4.78, 5) is 19.2. The molecule has 190 valence electrons. The molecule has 2 saturated carbocycles. The number of hydrogen-bond donors (Lipinski definition) is 2. The maximum absolute atomic E-state index is 6.48. The van der Waals surface area contributed by atoms with Crippen LogP contribution in [0.4, 0.5) is 23.1 Å². The van der Waals surface area contributed by atoms with Gasteiger partial charge in [-0.1, -0.05) is 12.8 Å². The SMILES string of the molecule is Nc1nc(N(c2ccc(N3CC4(COC4)C3)cc2)C2CCC(N)CC2)nc2c1ncn2C1CCCC1. The van der Waals surface area contributed by atoms with Gasteiger partial charge in [0.25, 0.3) is 0 Å². The lowest BCUT2D eigenvalue weighted by atomic mass is 9.78. The van der Waals surface area contributed by atoms with Crippen LogP contribution in [0.25, 0.3) is 11.2 Å². The Balaban J connectivity index is 1.24. The fourth-order valence-corrected chi connectivity index (χ4v) is 6.68. The number of nitrogens with zero attached hydrogens (tertiary/aromatic N) is 6. The highest BCUT2D eigenvalue weighted by molar-refractivity contribution is 5.84. The van der Waals surface area contributed by atoms with E-state index in [1.807, 2.05) is 6.33 Å². The standard InChI is InChI=1S/C27H36N8O/c28-18-5-7-21(8-6-18)35(22-11-9-19(10-12-22)33-13-27(14-33)15-36-16-27)26-31-24(29)23-25(32-26)34(17-30-23)20-3-1-2-4-20/h9-12,17-18,20-21H,1-8,13-16,28H2,(H2,29,31,32). The van der Waals surface area contributed by atoms with Crippen molar-refractivity contribution in [1.82, 2.24) is 19.5 Å². The number of hydrogen-bond acceptors (Lipinski definition) is 8. The van der Waals surface area contributed by atoms with Crippen LogP contribution in [0, 0.1) is 5.41 Å². The van der Waals surface area contributed by atoms with Crippen LogP contribution < -0.4 is 21.3 Å². The summed E-state index contributed by atoms with van der Waals surface area (Å²) in [5.41, 5.74) is 17.1. The number of anilines is 4. The molecule has 0 radical (unpaired) electrons. The molecule has 2 aromatic heterocycles. The third-order valence-corrected chi connectivity index (χ3v) is 8.84. The molecule has 0 bridgehead atoms. The smallest absolute Gasteiger partial charge is 0.234 e. The minimum atomic E-state index is 0.275. The summed E-state index contributed by atoms with van der Waals surface area (Å²) in [6.45, 7) is 3.96. The van der Waals surface area contributed by atoms with Crippen LogP contribution in [0.3, 0.4) is 0 Å². The Morgan fingerprint density at radius 3 is 2.33 bits per heavy atom. The predicted octanol–water partition coefficient (Wildman–Crippen LogP) is 3.77. The van der Waals surface area contributed by atoms with Gasteiger partial charge in [0, 0.05) is 42.6 Å². The molecule has 4 N–H and O–H groups in total. The minimum absolute atomic E-state index is 0.275. The van der Waals surface area contributed by atoms with Gasteiger partial charge in [0.1, 0.15) is 5.52 Å². The zero-order valence-corrected chi connectivity index (χ0v) is 20.9. The Kier molecular flexibility index (Phi) is 5.32. The average molecular weight is 489 g/mol. The van der Waals surface area contributed by atoms with Crippen LogP contribution in [0.5, 0.6) is 0 Å². The number of imidazole rings is 1. The molecule has 2 aliphatic carbocycles. The van der Waals surface area contributed by atoms with Crippen LogP contribution in [0.2, 0.25) is 0 Å². The Hall–Kier alpha value is -2.91. The number of aromatic nitrogens is 4. The molecule has 0 atom stereocenters. The molecule has 7 rings (SSSR count). The molecule has 1 spiro atoms. The van der Waals surface area contributed by atoms with E-state index in [2.05, 4.69) is 43.6 Å². The van der Waals surface area contributed by atoms with Crippen LogP contribution in [0.15, 0.2) is 30.6 Å². The topological polar surface area (TPSA) is 111 Å². The normalized spacial score (nSPS) is 25.8. The van der Waals surface area contributed by atoms with Crippen LogP contribution >= 0.6 is 0 Å². The first kappa shape index (κ1) is 22.3. The molecule has 3 aromatic rings. The van der Waals surface area contributed by atoms with Gasteiger partial charge < -0.3 is 30.6 Å². The summed E-state index contributed by atoms with van der Waals surface area (Å²) < 4.78 is 7.67. The fourth-order valence-electron chi connectivity index (χ4n) is 6.68. The van der Waals surface area contributed by atoms with Crippen molar-refractivity contribution in [2.45, 2.75) is 69.5 Å². The van der Waals surface area contributed by atoms with E-state index in [-0.39, 0.29) is 12.1 Å². The molecule has 2 saturated heterocycles. The second-order valence-corrected chi connectivity index (χ2v) is 11.5. The molecule has 0 unspecified atom stereocenters. The second-order valence-electron chi connectivity index (χ2n) is 11.5. The van der Waals surface area contributed by atoms with Gasteiger partial charge in [0.05, 0.1) is 25.0 Å². The molecular formula is C27H36N8O. The van der Waals surface area contributed by atoms with Crippen molar-refractivity contribution in [1.29, 1.82) is 0 Å². The fraction of sp³-hybridized carbons (Fsp3) is 0.593. The lowest BCUT2D eigenvalue weighted by Gasteiger charge is -2.56. The first-order valence-electron chi connectivity index (χ1n) is 13.6. The van der Waals surface area contributed by atoms with E-state index in [9.17, 15) is 0 Å². The molecule has 4 heterocycles. The van der Waals surface area contributed by atoms with Crippen molar-refractivity contribution in [2.75, 3.05) is 41.8 Å². The van der Waals surface area contributed by atoms with E-state index in [4.69, 9.17) is 26.2 Å². The first-order valence-corrected chi connectivity index (χ1v) is 13.6. The lowest BCUT2D eigenvalue weighted by Crippen LogP contribution is -2.66. The van der Waals surface area contributed by atoms with Gasteiger partial charge in [-0.05, 0) is 62.8 Å². The number of nitrogen functional groups attached to an aromatic ring is 1. The van der Waals surface area contributed by atoms with Crippen molar-refractivity contribution in [3.05, 3.63) is 30.6 Å². The molecule has 1 aromatic carbocycles. The van der Waals surface area contributed by atoms with Gasteiger partial charge >= 0.3 is 0 Å². The molecule has 36 heavy (non-hydrogen) atoms. The van der Waals surface area contributed by atoms with Crippen molar-refractivity contribution in [3.63, 3.8) is 0 Å². The van der Waals surface area contributed by atoms with E-state index in [0.717, 1.165) is 63.3 Å². The Morgan fingerprint density at radius 2 is 1.67 bits per heavy atom.